The predicted molar refractivity (Wildman–Crippen MR) is 111 cm³/mol. The number of nitrogens with one attached hydrogen (secondary N) is 3. The Labute approximate surface area is 168 Å². The lowest BCUT2D eigenvalue weighted by Crippen LogP contribution is -2.23. The highest BCUT2D eigenvalue weighted by atomic mass is 16.3. The lowest BCUT2D eigenvalue weighted by atomic mass is 10.1. The van der Waals surface area contributed by atoms with Crippen LogP contribution >= 0.6 is 0 Å². The van der Waals surface area contributed by atoms with Crippen molar-refractivity contribution >= 4 is 23.2 Å². The first kappa shape index (κ1) is 19.8. The average molecular weight is 388 g/mol. The molecule has 8 heteroatoms. The first-order chi connectivity index (χ1) is 14.2. The Morgan fingerprint density at radius 2 is 1.76 bits per heavy atom. The summed E-state index contributed by atoms with van der Waals surface area (Å²) in [5, 5.41) is 26.1. The Morgan fingerprint density at radius 3 is 2.45 bits per heavy atom. The molecule has 0 radical (unpaired) electrons. The molecule has 0 spiro atoms. The van der Waals surface area contributed by atoms with Gasteiger partial charge in [-0.3, -0.25) is 4.79 Å². The predicted octanol–water partition coefficient (Wildman–Crippen LogP) is 2.54. The van der Waals surface area contributed by atoms with Gasteiger partial charge < -0.3 is 21.1 Å². The van der Waals surface area contributed by atoms with E-state index in [0.717, 1.165) is 16.9 Å². The summed E-state index contributed by atoms with van der Waals surface area (Å²) in [6.07, 6.45) is 1.66. The normalized spacial score (nSPS) is 10.1. The zero-order valence-corrected chi connectivity index (χ0v) is 15.6. The van der Waals surface area contributed by atoms with Crippen molar-refractivity contribution in [3.8, 4) is 17.3 Å². The fourth-order valence-corrected chi connectivity index (χ4v) is 2.59. The number of nitriles is 1. The van der Waals surface area contributed by atoms with Crippen LogP contribution < -0.4 is 16.0 Å². The van der Waals surface area contributed by atoms with Crippen molar-refractivity contribution in [1.82, 2.24) is 15.3 Å². The van der Waals surface area contributed by atoms with Crippen molar-refractivity contribution in [3.05, 3.63) is 66.4 Å². The monoisotopic (exact) mass is 388 g/mol. The SMILES string of the molecule is N#CCNC(=O)c1ccc(-c2ccnc(Nc3ccc(NCCO)cc3)n2)cc1. The van der Waals surface area contributed by atoms with E-state index < -0.39 is 0 Å². The van der Waals surface area contributed by atoms with Gasteiger partial charge in [0, 0.05) is 35.2 Å². The number of rotatable bonds is 8. The van der Waals surface area contributed by atoms with E-state index in [4.69, 9.17) is 10.4 Å². The Hall–Kier alpha value is -3.96. The third-order valence-electron chi connectivity index (χ3n) is 4.01. The highest BCUT2D eigenvalue weighted by molar-refractivity contribution is 5.94. The quantitative estimate of drug-likeness (QED) is 0.437. The molecule has 1 heterocycles. The van der Waals surface area contributed by atoms with Gasteiger partial charge in [0.2, 0.25) is 5.95 Å². The number of carbonyl (C=O) groups excluding carboxylic acids is 1. The topological polar surface area (TPSA) is 123 Å². The summed E-state index contributed by atoms with van der Waals surface area (Å²) in [4.78, 5) is 20.6. The number of aliphatic hydroxyl groups is 1. The Kier molecular flexibility index (Phi) is 6.71. The average Bonchev–Trinajstić information content (AvgIpc) is 2.77. The van der Waals surface area contributed by atoms with Crippen molar-refractivity contribution in [3.63, 3.8) is 0 Å². The number of amides is 1. The minimum atomic E-state index is -0.292. The molecule has 0 saturated heterocycles. The van der Waals surface area contributed by atoms with Crippen LogP contribution in [0.4, 0.5) is 17.3 Å². The number of nitrogens with zero attached hydrogens (tertiary/aromatic N) is 3. The van der Waals surface area contributed by atoms with E-state index in [9.17, 15) is 4.79 Å². The molecular formula is C21H20N6O2. The largest absolute Gasteiger partial charge is 0.395 e. The van der Waals surface area contributed by atoms with Gasteiger partial charge in [-0.05, 0) is 42.5 Å². The molecule has 0 unspecified atom stereocenters. The van der Waals surface area contributed by atoms with Gasteiger partial charge in [-0.2, -0.15) is 5.26 Å². The fourth-order valence-electron chi connectivity index (χ4n) is 2.59. The van der Waals surface area contributed by atoms with E-state index >= 15 is 0 Å². The molecule has 146 valence electrons. The lowest BCUT2D eigenvalue weighted by Gasteiger charge is -2.09. The third-order valence-corrected chi connectivity index (χ3v) is 4.01. The van der Waals surface area contributed by atoms with E-state index in [0.29, 0.717) is 23.8 Å². The van der Waals surface area contributed by atoms with Crippen molar-refractivity contribution in [1.29, 1.82) is 5.26 Å². The van der Waals surface area contributed by atoms with Crippen LogP contribution in [0.3, 0.4) is 0 Å². The summed E-state index contributed by atoms with van der Waals surface area (Å²) in [6, 6.07) is 18.2. The zero-order valence-electron chi connectivity index (χ0n) is 15.6. The Balaban J connectivity index is 1.69. The molecule has 1 aromatic heterocycles. The van der Waals surface area contributed by atoms with Crippen LogP contribution in [0, 0.1) is 11.3 Å². The summed E-state index contributed by atoms with van der Waals surface area (Å²) in [6.45, 7) is 0.545. The van der Waals surface area contributed by atoms with E-state index in [1.807, 2.05) is 30.3 Å². The van der Waals surface area contributed by atoms with Crippen LogP contribution in [0.2, 0.25) is 0 Å². The van der Waals surface area contributed by atoms with Crippen molar-refractivity contribution in [2.75, 3.05) is 30.3 Å². The molecule has 4 N–H and O–H groups in total. The minimum absolute atomic E-state index is 0.0278. The van der Waals surface area contributed by atoms with Crippen LogP contribution in [0.15, 0.2) is 60.8 Å². The second kappa shape index (κ2) is 9.82. The van der Waals surface area contributed by atoms with Gasteiger partial charge in [-0.25, -0.2) is 9.97 Å². The number of carbonyl (C=O) groups is 1. The van der Waals surface area contributed by atoms with Crippen molar-refractivity contribution < 1.29 is 9.90 Å². The number of anilines is 3. The zero-order chi connectivity index (χ0) is 20.5. The van der Waals surface area contributed by atoms with E-state index in [-0.39, 0.29) is 19.1 Å². The third kappa shape index (κ3) is 5.51. The van der Waals surface area contributed by atoms with Gasteiger partial charge >= 0.3 is 0 Å². The van der Waals surface area contributed by atoms with Crippen LogP contribution in [0.1, 0.15) is 10.4 Å². The molecule has 2 aromatic carbocycles. The molecule has 3 rings (SSSR count). The van der Waals surface area contributed by atoms with Crippen molar-refractivity contribution in [2.24, 2.45) is 0 Å². The number of benzene rings is 2. The molecule has 1 amide bonds. The molecule has 29 heavy (non-hydrogen) atoms. The number of aliphatic hydroxyl groups excluding tert-OH is 1. The molecule has 0 atom stereocenters. The Bertz CT molecular complexity index is 997. The number of hydrogen-bond donors (Lipinski definition) is 4. The van der Waals surface area contributed by atoms with Gasteiger partial charge in [-0.15, -0.1) is 0 Å². The van der Waals surface area contributed by atoms with Crippen molar-refractivity contribution in [2.45, 2.75) is 0 Å². The second-order valence-corrected chi connectivity index (χ2v) is 6.04. The lowest BCUT2D eigenvalue weighted by molar-refractivity contribution is 0.0958. The summed E-state index contributed by atoms with van der Waals surface area (Å²) < 4.78 is 0. The van der Waals surface area contributed by atoms with E-state index in [1.54, 1.807) is 36.5 Å². The van der Waals surface area contributed by atoms with Gasteiger partial charge in [0.05, 0.1) is 18.4 Å². The molecular weight excluding hydrogens is 368 g/mol. The van der Waals surface area contributed by atoms with Gasteiger partial charge in [0.15, 0.2) is 0 Å². The molecule has 0 aliphatic rings. The maximum absolute atomic E-state index is 11.9. The fraction of sp³-hybridized carbons (Fsp3) is 0.143. The minimum Gasteiger partial charge on any atom is -0.395 e. The molecule has 3 aromatic rings. The smallest absolute Gasteiger partial charge is 0.252 e. The molecule has 0 fully saturated rings. The molecule has 0 aliphatic carbocycles. The van der Waals surface area contributed by atoms with E-state index in [1.165, 1.54) is 0 Å². The van der Waals surface area contributed by atoms with Crippen LogP contribution in [0.25, 0.3) is 11.3 Å². The summed E-state index contributed by atoms with van der Waals surface area (Å²) in [7, 11) is 0. The summed E-state index contributed by atoms with van der Waals surface area (Å²) in [5.41, 5.74) is 3.79. The molecule has 0 bridgehead atoms. The highest BCUT2D eigenvalue weighted by Crippen LogP contribution is 2.21. The molecule has 0 saturated carbocycles. The van der Waals surface area contributed by atoms with Crippen LogP contribution in [-0.4, -0.2) is 40.7 Å². The van der Waals surface area contributed by atoms with Gasteiger partial charge in [0.25, 0.3) is 5.91 Å². The highest BCUT2D eigenvalue weighted by Gasteiger charge is 2.07. The number of aromatic nitrogens is 2. The second-order valence-electron chi connectivity index (χ2n) is 6.04. The maximum Gasteiger partial charge on any atom is 0.252 e. The summed E-state index contributed by atoms with van der Waals surface area (Å²) in [5.74, 6) is 0.162. The first-order valence-electron chi connectivity index (χ1n) is 9.00. The van der Waals surface area contributed by atoms with Crippen LogP contribution in [0.5, 0.6) is 0 Å². The van der Waals surface area contributed by atoms with Gasteiger partial charge in [-0.1, -0.05) is 12.1 Å². The summed E-state index contributed by atoms with van der Waals surface area (Å²) >= 11 is 0. The standard InChI is InChI=1S/C21H20N6O2/c22-10-12-24-20(29)16-3-1-15(2-4-16)19-9-11-25-21(27-19)26-18-7-5-17(6-8-18)23-13-14-28/h1-9,11,23,28H,12-14H2,(H,24,29)(H,25,26,27). The van der Waals surface area contributed by atoms with E-state index in [2.05, 4.69) is 25.9 Å². The maximum atomic E-state index is 11.9. The Morgan fingerprint density at radius 1 is 1.03 bits per heavy atom. The first-order valence-corrected chi connectivity index (χ1v) is 9.00. The molecule has 8 nitrogen and oxygen atoms in total. The number of hydrogen-bond acceptors (Lipinski definition) is 7. The van der Waals surface area contributed by atoms with Crippen LogP contribution in [-0.2, 0) is 0 Å². The van der Waals surface area contributed by atoms with Gasteiger partial charge in [0.1, 0.15) is 6.54 Å². The molecule has 0 aliphatic heterocycles.